The molecule has 30 heavy (non-hydrogen) atoms. The first-order valence-corrected chi connectivity index (χ1v) is 10.7. The van der Waals surface area contributed by atoms with E-state index in [1.54, 1.807) is 36.6 Å². The lowest BCUT2D eigenvalue weighted by Gasteiger charge is -2.28. The van der Waals surface area contributed by atoms with E-state index < -0.39 is 24.0 Å². The van der Waals surface area contributed by atoms with Gasteiger partial charge in [0.2, 0.25) is 0 Å². The highest BCUT2D eigenvalue weighted by Crippen LogP contribution is 2.30. The molecule has 0 aromatic carbocycles. The van der Waals surface area contributed by atoms with Gasteiger partial charge in [-0.2, -0.15) is 0 Å². The first-order valence-electron chi connectivity index (χ1n) is 8.98. The summed E-state index contributed by atoms with van der Waals surface area (Å²) in [6.07, 6.45) is 0. The van der Waals surface area contributed by atoms with Crippen molar-refractivity contribution in [3.05, 3.63) is 56.1 Å². The normalized spacial score (nSPS) is 15.8. The third-order valence-corrected chi connectivity index (χ3v) is 5.80. The summed E-state index contributed by atoms with van der Waals surface area (Å²) in [6, 6.07) is 5.70. The topological polar surface area (TPSA) is 123 Å². The summed E-state index contributed by atoms with van der Waals surface area (Å²) in [5.74, 6) is -1.72. The van der Waals surface area contributed by atoms with Crippen LogP contribution in [0.5, 0.6) is 0 Å². The van der Waals surface area contributed by atoms with Crippen molar-refractivity contribution in [2.75, 3.05) is 19.8 Å². The summed E-state index contributed by atoms with van der Waals surface area (Å²) in [5.41, 5.74) is 0.294. The van der Waals surface area contributed by atoms with Gasteiger partial charge in [-0.05, 0) is 29.8 Å². The van der Waals surface area contributed by atoms with E-state index >= 15 is 0 Å². The summed E-state index contributed by atoms with van der Waals surface area (Å²) < 4.78 is 10.3. The van der Waals surface area contributed by atoms with Crippen molar-refractivity contribution < 1.29 is 28.7 Å². The van der Waals surface area contributed by atoms with Crippen LogP contribution >= 0.6 is 22.7 Å². The third-order valence-electron chi connectivity index (χ3n) is 3.99. The maximum atomic E-state index is 12.5. The van der Waals surface area contributed by atoms with Crippen molar-refractivity contribution in [1.29, 1.82) is 0 Å². The van der Waals surface area contributed by atoms with Crippen molar-refractivity contribution in [1.82, 2.24) is 16.0 Å². The lowest BCUT2D eigenvalue weighted by molar-refractivity contribution is -0.142. The maximum Gasteiger partial charge on any atom is 0.338 e. The molecule has 0 bridgehead atoms. The number of ether oxygens (including phenoxy) is 2. The van der Waals surface area contributed by atoms with E-state index in [2.05, 4.69) is 16.0 Å². The molecule has 1 aliphatic heterocycles. The number of carbonyl (C=O) groups excluding carboxylic acids is 4. The average Bonchev–Trinajstić information content (AvgIpc) is 3.44. The molecule has 3 N–H and O–H groups in total. The summed E-state index contributed by atoms with van der Waals surface area (Å²) in [6.45, 7) is 1.12. The highest BCUT2D eigenvalue weighted by atomic mass is 32.1. The maximum absolute atomic E-state index is 12.5. The van der Waals surface area contributed by atoms with Gasteiger partial charge in [-0.15, -0.1) is 22.7 Å². The molecule has 0 unspecified atom stereocenters. The number of rotatable bonds is 8. The summed E-state index contributed by atoms with van der Waals surface area (Å²) in [5, 5.41) is 11.2. The molecule has 0 spiro atoms. The zero-order valence-corrected chi connectivity index (χ0v) is 17.6. The van der Waals surface area contributed by atoms with Gasteiger partial charge >= 0.3 is 18.0 Å². The van der Waals surface area contributed by atoms with Gasteiger partial charge < -0.3 is 25.4 Å². The molecule has 0 saturated carbocycles. The van der Waals surface area contributed by atoms with Gasteiger partial charge in [-0.3, -0.25) is 9.59 Å². The molecule has 9 nitrogen and oxygen atoms in total. The molecule has 0 saturated heterocycles. The van der Waals surface area contributed by atoms with E-state index in [0.29, 0.717) is 4.88 Å². The summed E-state index contributed by atoms with van der Waals surface area (Å²) in [7, 11) is 0. The van der Waals surface area contributed by atoms with Crippen LogP contribution in [0.1, 0.15) is 27.5 Å². The third kappa shape index (κ3) is 5.24. The molecule has 3 heterocycles. The van der Waals surface area contributed by atoms with Gasteiger partial charge in [0.1, 0.15) is 13.2 Å². The molecular formula is C19H19N3O6S2. The zero-order valence-electron chi connectivity index (χ0n) is 15.9. The number of amides is 3. The second-order valence-electron chi connectivity index (χ2n) is 5.98. The number of hydrogen-bond donors (Lipinski definition) is 3. The average molecular weight is 450 g/mol. The molecular weight excluding hydrogens is 430 g/mol. The number of carbonyl (C=O) groups is 4. The predicted molar refractivity (Wildman–Crippen MR) is 110 cm³/mol. The quantitative estimate of drug-likeness (QED) is 0.530. The minimum absolute atomic E-state index is 0.133. The van der Waals surface area contributed by atoms with E-state index in [-0.39, 0.29) is 36.9 Å². The Labute approximate surface area is 180 Å². The number of urea groups is 1. The molecule has 2 aromatic heterocycles. The Morgan fingerprint density at radius 3 is 2.57 bits per heavy atom. The number of esters is 2. The Hall–Kier alpha value is -3.18. The Morgan fingerprint density at radius 1 is 1.13 bits per heavy atom. The number of thiophene rings is 2. The highest BCUT2D eigenvalue weighted by molar-refractivity contribution is 7.12. The molecule has 2 aromatic rings. The molecule has 3 rings (SSSR count). The minimum Gasteiger partial charge on any atom is -0.463 e. The molecule has 3 amide bonds. The van der Waals surface area contributed by atoms with Crippen molar-refractivity contribution in [3.63, 3.8) is 0 Å². The van der Waals surface area contributed by atoms with Crippen molar-refractivity contribution in [2.45, 2.75) is 13.0 Å². The van der Waals surface area contributed by atoms with Crippen LogP contribution in [0.15, 0.2) is 46.3 Å². The van der Waals surface area contributed by atoms with Crippen molar-refractivity contribution in [2.24, 2.45) is 0 Å². The van der Waals surface area contributed by atoms with E-state index in [1.807, 2.05) is 5.38 Å². The van der Waals surface area contributed by atoms with E-state index in [0.717, 1.165) is 4.88 Å². The first-order chi connectivity index (χ1) is 14.5. The largest absolute Gasteiger partial charge is 0.463 e. The molecule has 11 heteroatoms. The fourth-order valence-corrected chi connectivity index (χ4v) is 4.13. The Morgan fingerprint density at radius 2 is 1.90 bits per heavy atom. The van der Waals surface area contributed by atoms with Crippen LogP contribution in [-0.4, -0.2) is 43.6 Å². The van der Waals surface area contributed by atoms with Crippen LogP contribution in [0.2, 0.25) is 0 Å². The minimum atomic E-state index is -0.718. The van der Waals surface area contributed by atoms with Crippen molar-refractivity contribution >= 4 is 46.6 Å². The van der Waals surface area contributed by atoms with Crippen LogP contribution in [0, 0.1) is 0 Å². The van der Waals surface area contributed by atoms with Gasteiger partial charge in [-0.25, -0.2) is 9.59 Å². The van der Waals surface area contributed by atoms with Gasteiger partial charge in [-0.1, -0.05) is 12.1 Å². The van der Waals surface area contributed by atoms with Crippen LogP contribution < -0.4 is 16.0 Å². The number of nitrogens with one attached hydrogen (secondary N) is 3. The molecule has 1 aliphatic rings. The van der Waals surface area contributed by atoms with E-state index in [4.69, 9.17) is 9.47 Å². The summed E-state index contributed by atoms with van der Waals surface area (Å²) >= 11 is 2.62. The van der Waals surface area contributed by atoms with Crippen LogP contribution in [-0.2, 0) is 19.1 Å². The van der Waals surface area contributed by atoms with Crippen molar-refractivity contribution in [3.8, 4) is 0 Å². The predicted octanol–water partition coefficient (Wildman–Crippen LogP) is 1.95. The molecule has 0 fully saturated rings. The summed E-state index contributed by atoms with van der Waals surface area (Å²) in [4.78, 5) is 49.8. The Kier molecular flexibility index (Phi) is 7.20. The SMILES string of the molecule is CCOC(=O)C1=C(COC(=O)CNC(=O)c2cccs2)NC(=O)N[C@@H]1c1cccs1. The van der Waals surface area contributed by atoms with Gasteiger partial charge in [0.05, 0.1) is 28.8 Å². The lowest BCUT2D eigenvalue weighted by Crippen LogP contribution is -2.47. The van der Waals surface area contributed by atoms with Gasteiger partial charge in [0.25, 0.3) is 5.91 Å². The Balaban J connectivity index is 1.70. The number of hydrogen-bond acceptors (Lipinski definition) is 8. The Bertz CT molecular complexity index is 953. The zero-order chi connectivity index (χ0) is 21.5. The monoisotopic (exact) mass is 449 g/mol. The lowest BCUT2D eigenvalue weighted by atomic mass is 10.0. The highest BCUT2D eigenvalue weighted by Gasteiger charge is 2.34. The standard InChI is InChI=1S/C19H19N3O6S2/c1-2-27-18(25)15-11(21-19(26)22-16(15)12-5-3-7-29-12)10-28-14(23)9-20-17(24)13-6-4-8-30-13/h3-8,16H,2,9-10H2,1H3,(H,20,24)(H2,21,22,26)/t16-/m1/s1. The molecule has 0 aliphatic carbocycles. The van der Waals surface area contributed by atoms with Gasteiger partial charge in [0.15, 0.2) is 0 Å². The van der Waals surface area contributed by atoms with Crippen LogP contribution in [0.3, 0.4) is 0 Å². The molecule has 0 radical (unpaired) electrons. The fourth-order valence-electron chi connectivity index (χ4n) is 2.70. The van der Waals surface area contributed by atoms with Gasteiger partial charge in [0, 0.05) is 4.88 Å². The fraction of sp³-hybridized carbons (Fsp3) is 0.263. The molecule has 158 valence electrons. The smallest absolute Gasteiger partial charge is 0.338 e. The van der Waals surface area contributed by atoms with E-state index in [9.17, 15) is 19.2 Å². The second-order valence-corrected chi connectivity index (χ2v) is 7.91. The van der Waals surface area contributed by atoms with Crippen LogP contribution in [0.4, 0.5) is 4.79 Å². The van der Waals surface area contributed by atoms with Crippen LogP contribution in [0.25, 0.3) is 0 Å². The second kappa shape index (κ2) is 10.0. The first kappa shape index (κ1) is 21.5. The molecule has 1 atom stereocenters. The van der Waals surface area contributed by atoms with E-state index in [1.165, 1.54) is 22.7 Å².